The highest BCUT2D eigenvalue weighted by Crippen LogP contribution is 2.44. The van der Waals surface area contributed by atoms with Crippen LogP contribution in [-0.2, 0) is 13.0 Å². The first-order valence-corrected chi connectivity index (χ1v) is 13.9. The van der Waals surface area contributed by atoms with E-state index >= 15 is 4.39 Å². The first-order valence-electron chi connectivity index (χ1n) is 13.1. The van der Waals surface area contributed by atoms with E-state index in [1.807, 2.05) is 7.05 Å². The fourth-order valence-electron chi connectivity index (χ4n) is 5.77. The molecule has 5 heterocycles. The largest absolute Gasteiger partial charge is 0.480 e. The van der Waals surface area contributed by atoms with Crippen LogP contribution in [0.5, 0.6) is 5.88 Å². The van der Waals surface area contributed by atoms with Gasteiger partial charge in [0.15, 0.2) is 0 Å². The molecule has 3 aromatic heterocycles. The summed E-state index contributed by atoms with van der Waals surface area (Å²) in [4.78, 5) is 18.9. The van der Waals surface area contributed by atoms with Crippen molar-refractivity contribution in [3.05, 3.63) is 41.4 Å². The maximum absolute atomic E-state index is 15.4. The number of rotatable bonds is 8. The smallest absolute Gasteiger partial charge is 0.393 e. The van der Waals surface area contributed by atoms with Gasteiger partial charge in [-0.1, -0.05) is 17.3 Å². The number of piperidine rings is 1. The number of aromatic amines is 1. The zero-order valence-electron chi connectivity index (χ0n) is 22.1. The van der Waals surface area contributed by atoms with Crippen molar-refractivity contribution in [2.75, 3.05) is 19.5 Å². The number of benzene rings is 1. The van der Waals surface area contributed by atoms with E-state index < -0.39 is 30.7 Å². The number of H-pyrrole nitrogens is 1. The van der Waals surface area contributed by atoms with Crippen LogP contribution in [-0.4, -0.2) is 75.8 Å². The van der Waals surface area contributed by atoms with Crippen molar-refractivity contribution in [3.8, 4) is 16.6 Å². The lowest BCUT2D eigenvalue weighted by Gasteiger charge is -2.39. The van der Waals surface area contributed by atoms with Crippen molar-refractivity contribution in [3.63, 3.8) is 0 Å². The molecule has 4 aromatic rings. The van der Waals surface area contributed by atoms with Gasteiger partial charge in [0.25, 0.3) is 5.91 Å². The van der Waals surface area contributed by atoms with E-state index in [0.29, 0.717) is 22.2 Å². The molecule has 2 fully saturated rings. The van der Waals surface area contributed by atoms with Crippen molar-refractivity contribution in [1.82, 2.24) is 30.6 Å². The Morgan fingerprint density at radius 2 is 2.15 bits per heavy atom. The van der Waals surface area contributed by atoms with Gasteiger partial charge in [-0.05, 0) is 43.3 Å². The number of aromatic nitrogens is 4. The van der Waals surface area contributed by atoms with E-state index in [0.717, 1.165) is 24.2 Å². The molecule has 4 atom stereocenters. The third-order valence-corrected chi connectivity index (χ3v) is 9.07. The Labute approximate surface area is 235 Å². The molecule has 1 amide bonds. The Hall–Kier alpha value is -3.72. The molecule has 2 saturated heterocycles. The van der Waals surface area contributed by atoms with Gasteiger partial charge in [-0.3, -0.25) is 14.8 Å². The molecule has 218 valence electrons. The Bertz CT molecular complexity index is 1570. The maximum atomic E-state index is 15.4. The lowest BCUT2D eigenvalue weighted by molar-refractivity contribution is -0.126. The number of amides is 1. The van der Waals surface area contributed by atoms with Crippen molar-refractivity contribution >= 4 is 33.0 Å². The van der Waals surface area contributed by atoms with E-state index in [4.69, 9.17) is 9.26 Å². The second kappa shape index (κ2) is 10.6. The third-order valence-electron chi connectivity index (χ3n) is 7.79. The molecule has 2 aliphatic heterocycles. The Kier molecular flexibility index (Phi) is 7.09. The molecule has 2 aliphatic rings. The minimum absolute atomic E-state index is 0.00988. The van der Waals surface area contributed by atoms with E-state index in [2.05, 4.69) is 35.9 Å². The van der Waals surface area contributed by atoms with E-state index in [-0.39, 0.29) is 52.4 Å². The number of thiophene rings is 1. The summed E-state index contributed by atoms with van der Waals surface area (Å²) in [5.41, 5.74) is 0.735. The summed E-state index contributed by atoms with van der Waals surface area (Å²) in [6.07, 6.45) is -4.45. The second-order valence-electron chi connectivity index (χ2n) is 10.3. The number of carbonyl (C=O) groups is 1. The van der Waals surface area contributed by atoms with E-state index in [9.17, 15) is 18.0 Å². The molecule has 0 unspecified atom stereocenters. The van der Waals surface area contributed by atoms with Gasteiger partial charge >= 0.3 is 6.18 Å². The molecule has 10 nitrogen and oxygen atoms in total. The standard InChI is InChI=1S/C26H27F4N7O3S/c1-37-12-6-7-18(37)21(27)16(8-12)32-15-5-3-4-13-14(10-26(28,29)30)23(41-22(13)15)24-33-20(40-36-24)11-31-25(38)17-9-19(39-2)35-34-17/h3-5,9,12,16,18,21,32H,6-8,10-11H2,1-2H3,(H,31,38)(H,34,35)/t12-,16-,18+,21-/m1/s1. The molecule has 15 heteroatoms. The lowest BCUT2D eigenvalue weighted by atomic mass is 9.95. The molecule has 2 bridgehead atoms. The highest BCUT2D eigenvalue weighted by Gasteiger charge is 2.46. The number of hydrogen-bond acceptors (Lipinski definition) is 9. The first kappa shape index (κ1) is 27.4. The highest BCUT2D eigenvalue weighted by molar-refractivity contribution is 7.23. The van der Waals surface area contributed by atoms with Gasteiger partial charge < -0.3 is 19.9 Å². The summed E-state index contributed by atoms with van der Waals surface area (Å²) in [6, 6.07) is 6.11. The van der Waals surface area contributed by atoms with E-state index in [1.54, 1.807) is 18.2 Å². The predicted octanol–water partition coefficient (Wildman–Crippen LogP) is 4.70. The van der Waals surface area contributed by atoms with Gasteiger partial charge in [-0.25, -0.2) is 4.39 Å². The number of fused-ring (bicyclic) bond motifs is 3. The number of hydrogen-bond donors (Lipinski definition) is 3. The zero-order chi connectivity index (χ0) is 28.9. The summed E-state index contributed by atoms with van der Waals surface area (Å²) in [6.45, 7) is -0.157. The van der Waals surface area contributed by atoms with Crippen LogP contribution < -0.4 is 15.4 Å². The summed E-state index contributed by atoms with van der Waals surface area (Å²) in [7, 11) is 3.35. The maximum Gasteiger partial charge on any atom is 0.393 e. The predicted molar refractivity (Wildman–Crippen MR) is 143 cm³/mol. The minimum atomic E-state index is -4.49. The molecular formula is C26H27F4N7O3S. The van der Waals surface area contributed by atoms with Crippen LogP contribution in [0.15, 0.2) is 28.8 Å². The number of ether oxygens (including phenoxy) is 1. The van der Waals surface area contributed by atoms with Crippen LogP contribution in [0.4, 0.5) is 23.2 Å². The number of methoxy groups -OCH3 is 1. The Balaban J connectivity index is 1.27. The quantitative estimate of drug-likeness (QED) is 0.252. The molecule has 0 aliphatic carbocycles. The summed E-state index contributed by atoms with van der Waals surface area (Å²) >= 11 is 1.10. The molecule has 6 rings (SSSR count). The first-order chi connectivity index (χ1) is 19.6. The topological polar surface area (TPSA) is 121 Å². The van der Waals surface area contributed by atoms with Crippen LogP contribution >= 0.6 is 11.3 Å². The fraction of sp³-hybridized carbons (Fsp3) is 0.462. The van der Waals surface area contributed by atoms with Crippen molar-refractivity contribution in [2.24, 2.45) is 0 Å². The highest BCUT2D eigenvalue weighted by atomic mass is 32.1. The molecule has 1 aromatic carbocycles. The number of nitrogens with zero attached hydrogens (tertiary/aromatic N) is 4. The summed E-state index contributed by atoms with van der Waals surface area (Å²) in [5, 5.41) is 16.5. The Morgan fingerprint density at radius 1 is 1.32 bits per heavy atom. The van der Waals surface area contributed by atoms with Crippen LogP contribution in [0.25, 0.3) is 20.8 Å². The summed E-state index contributed by atoms with van der Waals surface area (Å²) in [5.74, 6) is -0.291. The zero-order valence-corrected chi connectivity index (χ0v) is 22.9. The van der Waals surface area contributed by atoms with Crippen LogP contribution in [0.1, 0.15) is 41.2 Å². The number of anilines is 1. The molecule has 0 saturated carbocycles. The van der Waals surface area contributed by atoms with E-state index in [1.165, 1.54) is 13.2 Å². The average molecular weight is 594 g/mol. The minimum Gasteiger partial charge on any atom is -0.480 e. The summed E-state index contributed by atoms with van der Waals surface area (Å²) < 4.78 is 67.3. The van der Waals surface area contributed by atoms with Gasteiger partial charge in [0, 0.05) is 18.2 Å². The van der Waals surface area contributed by atoms with Gasteiger partial charge in [0.1, 0.15) is 11.9 Å². The van der Waals surface area contributed by atoms with Crippen LogP contribution in [0, 0.1) is 0 Å². The SMILES string of the molecule is COc1cc(C(=O)NCc2nc(-c3sc4c(N[C@@H]5C[C@H]6CC[C@@H]([C@@H]5F)N6C)cccc4c3CC(F)(F)F)no2)[nH]n1. The molecule has 0 radical (unpaired) electrons. The monoisotopic (exact) mass is 593 g/mol. The van der Waals surface area contributed by atoms with Crippen molar-refractivity contribution in [1.29, 1.82) is 0 Å². The average Bonchev–Trinajstić information content (AvgIpc) is 3.71. The number of nitrogens with one attached hydrogen (secondary N) is 3. The Morgan fingerprint density at radius 3 is 2.90 bits per heavy atom. The molecule has 3 N–H and O–H groups in total. The van der Waals surface area contributed by atoms with Gasteiger partial charge in [-0.2, -0.15) is 18.2 Å². The number of alkyl halides is 4. The van der Waals surface area contributed by atoms with Gasteiger partial charge in [0.05, 0.1) is 41.4 Å². The normalized spacial score (nSPS) is 22.8. The number of halogens is 4. The third kappa shape index (κ3) is 5.35. The van der Waals surface area contributed by atoms with Crippen molar-refractivity contribution in [2.45, 2.75) is 62.7 Å². The van der Waals surface area contributed by atoms with Crippen LogP contribution in [0.3, 0.4) is 0 Å². The van der Waals surface area contributed by atoms with Gasteiger partial charge in [-0.15, -0.1) is 16.4 Å². The second-order valence-corrected chi connectivity index (χ2v) is 11.3. The van der Waals surface area contributed by atoms with Crippen LogP contribution in [0.2, 0.25) is 0 Å². The number of carbonyl (C=O) groups excluding carboxylic acids is 1. The van der Waals surface area contributed by atoms with Crippen molar-refractivity contribution < 1.29 is 31.6 Å². The molecular weight excluding hydrogens is 566 g/mol. The fourth-order valence-corrected chi connectivity index (χ4v) is 7.00. The lowest BCUT2D eigenvalue weighted by Crippen LogP contribution is -2.53. The molecule has 41 heavy (non-hydrogen) atoms. The molecule has 0 spiro atoms. The van der Waals surface area contributed by atoms with Gasteiger partial charge in [0.2, 0.25) is 17.6 Å².